The number of ether oxygens (including phenoxy) is 2. The highest BCUT2D eigenvalue weighted by atomic mass is 16.5. The normalized spacial score (nSPS) is 10.5. The number of hydrogen-bond donors (Lipinski definition) is 2. The van der Waals surface area contributed by atoms with E-state index >= 15 is 0 Å². The number of nitrogens with two attached hydrogens (primary N) is 1. The van der Waals surface area contributed by atoms with Gasteiger partial charge in [0.25, 0.3) is 0 Å². The topological polar surface area (TPSA) is 111 Å². The molecule has 0 unspecified atom stereocenters. The van der Waals surface area contributed by atoms with Crippen molar-refractivity contribution in [1.29, 1.82) is 0 Å². The van der Waals surface area contributed by atoms with E-state index in [4.69, 9.17) is 15.2 Å². The number of fused-ring (bicyclic) bond motifs is 1. The van der Waals surface area contributed by atoms with Crippen molar-refractivity contribution in [3.63, 3.8) is 0 Å². The van der Waals surface area contributed by atoms with Crippen LogP contribution in [0.5, 0.6) is 0 Å². The van der Waals surface area contributed by atoms with Gasteiger partial charge < -0.3 is 20.2 Å². The van der Waals surface area contributed by atoms with Crippen LogP contribution >= 0.6 is 0 Å². The first-order chi connectivity index (χ1) is 10.5. The van der Waals surface area contributed by atoms with E-state index in [0.29, 0.717) is 11.2 Å². The number of nitrogen functional groups attached to an aromatic ring is 1. The lowest BCUT2D eigenvalue weighted by Crippen LogP contribution is -2.25. The third-order valence-corrected chi connectivity index (χ3v) is 2.98. The Morgan fingerprint density at radius 2 is 1.77 bits per heavy atom. The summed E-state index contributed by atoms with van der Waals surface area (Å²) in [4.78, 5) is 39.4. The van der Waals surface area contributed by atoms with Crippen molar-refractivity contribution in [2.45, 2.75) is 13.8 Å². The molecule has 1 heterocycles. The third kappa shape index (κ3) is 2.78. The molecular formula is C15H16N2O5. The Balaban J connectivity index is 2.78. The summed E-state index contributed by atoms with van der Waals surface area (Å²) in [5.74, 6) is -1.67. The van der Waals surface area contributed by atoms with Crippen LogP contribution in [0.3, 0.4) is 0 Å². The monoisotopic (exact) mass is 304 g/mol. The zero-order valence-corrected chi connectivity index (χ0v) is 12.3. The van der Waals surface area contributed by atoms with Crippen LogP contribution in [-0.4, -0.2) is 30.1 Å². The summed E-state index contributed by atoms with van der Waals surface area (Å²) >= 11 is 0. The Morgan fingerprint density at radius 3 is 2.41 bits per heavy atom. The van der Waals surface area contributed by atoms with Crippen LogP contribution in [-0.2, 0) is 9.47 Å². The molecule has 2 rings (SSSR count). The Labute approximate surface area is 126 Å². The highest BCUT2D eigenvalue weighted by Gasteiger charge is 2.25. The molecule has 7 nitrogen and oxygen atoms in total. The molecule has 0 bridgehead atoms. The van der Waals surface area contributed by atoms with Gasteiger partial charge in [0.1, 0.15) is 11.3 Å². The zero-order valence-electron chi connectivity index (χ0n) is 12.3. The zero-order chi connectivity index (χ0) is 16.3. The van der Waals surface area contributed by atoms with Gasteiger partial charge in [-0.15, -0.1) is 0 Å². The molecule has 0 aliphatic heterocycles. The molecule has 0 saturated carbocycles. The summed E-state index contributed by atoms with van der Waals surface area (Å²) in [6.07, 6.45) is 0. The smallest absolute Gasteiger partial charge is 0.355 e. The number of pyridine rings is 1. The number of H-pyrrole nitrogens is 1. The molecule has 22 heavy (non-hydrogen) atoms. The van der Waals surface area contributed by atoms with E-state index in [2.05, 4.69) is 4.98 Å². The molecule has 0 spiro atoms. The number of carbonyl (C=O) groups excluding carboxylic acids is 2. The van der Waals surface area contributed by atoms with Crippen molar-refractivity contribution in [2.75, 3.05) is 18.9 Å². The molecule has 116 valence electrons. The molecular weight excluding hydrogens is 288 g/mol. The van der Waals surface area contributed by atoms with Crippen molar-refractivity contribution in [2.24, 2.45) is 0 Å². The van der Waals surface area contributed by atoms with Crippen molar-refractivity contribution in [1.82, 2.24) is 4.98 Å². The minimum Gasteiger partial charge on any atom is -0.462 e. The highest BCUT2D eigenvalue weighted by molar-refractivity contribution is 6.04. The van der Waals surface area contributed by atoms with E-state index in [1.807, 2.05) is 0 Å². The van der Waals surface area contributed by atoms with Crippen molar-refractivity contribution >= 4 is 28.5 Å². The first-order valence-corrected chi connectivity index (χ1v) is 6.79. The number of anilines is 1. The molecule has 0 amide bonds. The SMILES string of the molecule is CCOC(=O)c1[nH]c2ccc(N)cc2c(=O)c1C(=O)OCC. The molecule has 1 aromatic heterocycles. The predicted molar refractivity (Wildman–Crippen MR) is 80.9 cm³/mol. The second kappa shape index (κ2) is 6.30. The number of aromatic nitrogens is 1. The van der Waals surface area contributed by atoms with Gasteiger partial charge in [0.2, 0.25) is 5.43 Å². The largest absolute Gasteiger partial charge is 0.462 e. The maximum atomic E-state index is 12.5. The summed E-state index contributed by atoms with van der Waals surface area (Å²) in [7, 11) is 0. The molecule has 2 aromatic rings. The quantitative estimate of drug-likeness (QED) is 0.653. The summed E-state index contributed by atoms with van der Waals surface area (Å²) < 4.78 is 9.74. The van der Waals surface area contributed by atoms with Gasteiger partial charge in [-0.25, -0.2) is 9.59 Å². The molecule has 1 aromatic carbocycles. The van der Waals surface area contributed by atoms with Crippen molar-refractivity contribution in [3.05, 3.63) is 39.7 Å². The van der Waals surface area contributed by atoms with Crippen molar-refractivity contribution in [3.8, 4) is 0 Å². The van der Waals surface area contributed by atoms with Crippen LogP contribution in [0.1, 0.15) is 34.7 Å². The molecule has 0 atom stereocenters. The van der Waals surface area contributed by atoms with Crippen LogP contribution in [0, 0.1) is 0 Å². The van der Waals surface area contributed by atoms with Gasteiger partial charge in [0.05, 0.1) is 18.7 Å². The molecule has 0 aliphatic rings. The summed E-state index contributed by atoms with van der Waals surface area (Å²) in [6, 6.07) is 4.58. The van der Waals surface area contributed by atoms with Crippen LogP contribution in [0.15, 0.2) is 23.0 Å². The Morgan fingerprint density at radius 1 is 1.14 bits per heavy atom. The van der Waals surface area contributed by atoms with Crippen LogP contribution in [0.2, 0.25) is 0 Å². The first kappa shape index (κ1) is 15.6. The van der Waals surface area contributed by atoms with Gasteiger partial charge in [0.15, 0.2) is 0 Å². The molecule has 0 radical (unpaired) electrons. The summed E-state index contributed by atoms with van der Waals surface area (Å²) in [6.45, 7) is 3.43. The fraction of sp³-hybridized carbons (Fsp3) is 0.267. The van der Waals surface area contributed by atoms with Crippen LogP contribution in [0.4, 0.5) is 5.69 Å². The Hall–Kier alpha value is -2.83. The number of benzene rings is 1. The first-order valence-electron chi connectivity index (χ1n) is 6.79. The molecule has 3 N–H and O–H groups in total. The maximum Gasteiger partial charge on any atom is 0.355 e. The fourth-order valence-corrected chi connectivity index (χ4v) is 2.06. The Bertz CT molecular complexity index is 794. The van der Waals surface area contributed by atoms with Crippen LogP contribution < -0.4 is 11.2 Å². The molecule has 0 fully saturated rings. The number of esters is 2. The van der Waals surface area contributed by atoms with E-state index in [1.54, 1.807) is 26.0 Å². The van der Waals surface area contributed by atoms with Gasteiger partial charge in [0, 0.05) is 11.1 Å². The van der Waals surface area contributed by atoms with E-state index in [9.17, 15) is 14.4 Å². The fourth-order valence-electron chi connectivity index (χ4n) is 2.06. The second-order valence-corrected chi connectivity index (χ2v) is 4.45. The van der Waals surface area contributed by atoms with Gasteiger partial charge in [-0.1, -0.05) is 0 Å². The average Bonchev–Trinajstić information content (AvgIpc) is 2.48. The third-order valence-electron chi connectivity index (χ3n) is 2.98. The van der Waals surface area contributed by atoms with Crippen molar-refractivity contribution < 1.29 is 19.1 Å². The second-order valence-electron chi connectivity index (χ2n) is 4.45. The molecule has 7 heteroatoms. The van der Waals surface area contributed by atoms with Gasteiger partial charge in [-0.3, -0.25) is 4.79 Å². The minimum atomic E-state index is -0.879. The van der Waals surface area contributed by atoms with Gasteiger partial charge in [-0.2, -0.15) is 0 Å². The number of nitrogens with one attached hydrogen (secondary N) is 1. The summed E-state index contributed by atoms with van der Waals surface area (Å²) in [5.41, 5.74) is 5.20. The van der Waals surface area contributed by atoms with Crippen LogP contribution in [0.25, 0.3) is 10.9 Å². The average molecular weight is 304 g/mol. The Kier molecular flexibility index (Phi) is 4.45. The maximum absolute atomic E-state index is 12.5. The molecule has 0 aliphatic carbocycles. The standard InChI is InChI=1S/C15H16N2O5/c1-3-21-14(19)11-12(15(20)22-4-2)17-10-6-5-8(16)7-9(10)13(11)18/h5-7H,3-4,16H2,1-2H3,(H,17,18). The van der Waals surface area contributed by atoms with E-state index in [-0.39, 0.29) is 29.9 Å². The van der Waals surface area contributed by atoms with E-state index in [0.717, 1.165) is 0 Å². The predicted octanol–water partition coefficient (Wildman–Crippen LogP) is 1.46. The highest BCUT2D eigenvalue weighted by Crippen LogP contribution is 2.16. The molecule has 0 saturated heterocycles. The lowest BCUT2D eigenvalue weighted by atomic mass is 10.1. The number of rotatable bonds is 4. The van der Waals surface area contributed by atoms with Gasteiger partial charge in [-0.05, 0) is 32.0 Å². The number of hydrogen-bond acceptors (Lipinski definition) is 6. The number of aromatic amines is 1. The lowest BCUT2D eigenvalue weighted by molar-refractivity contribution is 0.0473. The van der Waals surface area contributed by atoms with E-state index in [1.165, 1.54) is 6.07 Å². The minimum absolute atomic E-state index is 0.0789. The van der Waals surface area contributed by atoms with Gasteiger partial charge >= 0.3 is 11.9 Å². The summed E-state index contributed by atoms with van der Waals surface area (Å²) in [5, 5.41) is 0.205. The van der Waals surface area contributed by atoms with E-state index < -0.39 is 17.4 Å². The number of carbonyl (C=O) groups is 2. The lowest BCUT2D eigenvalue weighted by Gasteiger charge is -2.10.